The van der Waals surface area contributed by atoms with Gasteiger partial charge in [0.15, 0.2) is 0 Å². The Hall–Kier alpha value is -4.30. The maximum absolute atomic E-state index is 13.3. The minimum Gasteiger partial charge on any atom is -0.508 e. The molecular weight excluding hydrogens is 486 g/mol. The van der Waals surface area contributed by atoms with Crippen LogP contribution >= 0.6 is 11.6 Å². The van der Waals surface area contributed by atoms with Crippen molar-refractivity contribution in [2.75, 3.05) is 18.6 Å². The van der Waals surface area contributed by atoms with Crippen molar-refractivity contribution in [3.05, 3.63) is 94.0 Å². The molecule has 1 amide bonds. The zero-order chi connectivity index (χ0) is 26.0. The molecule has 1 aliphatic heterocycles. The first-order valence-corrected chi connectivity index (χ1v) is 11.4. The van der Waals surface area contributed by atoms with E-state index in [0.29, 0.717) is 11.3 Å². The van der Waals surface area contributed by atoms with Crippen LogP contribution in [0.4, 0.5) is 5.69 Å². The molecule has 0 bridgehead atoms. The predicted octanol–water partition coefficient (Wildman–Crippen LogP) is 4.86. The minimum atomic E-state index is -1.13. The molecule has 1 heterocycles. The molecule has 1 unspecified atom stereocenters. The summed E-state index contributed by atoms with van der Waals surface area (Å²) >= 11 is 6.32. The molecular formula is C27H22ClNO7. The van der Waals surface area contributed by atoms with E-state index in [1.165, 1.54) is 48.4 Å². The van der Waals surface area contributed by atoms with Crippen LogP contribution in [0.1, 0.15) is 34.5 Å². The van der Waals surface area contributed by atoms with Gasteiger partial charge in [0, 0.05) is 11.3 Å². The summed E-state index contributed by atoms with van der Waals surface area (Å²) < 4.78 is 10.3. The molecule has 8 nitrogen and oxygen atoms in total. The van der Waals surface area contributed by atoms with Gasteiger partial charge >= 0.3 is 5.97 Å². The number of ether oxygens (including phenoxy) is 2. The van der Waals surface area contributed by atoms with Crippen molar-refractivity contribution in [1.29, 1.82) is 0 Å². The molecule has 0 spiro atoms. The third kappa shape index (κ3) is 4.50. The quantitative estimate of drug-likeness (QED) is 0.212. The molecule has 36 heavy (non-hydrogen) atoms. The lowest BCUT2D eigenvalue weighted by Gasteiger charge is -2.26. The number of phenolic OH excluding ortho intramolecular Hbond substituents is 1. The number of esters is 1. The first kappa shape index (κ1) is 24.8. The van der Waals surface area contributed by atoms with Gasteiger partial charge in [0.2, 0.25) is 0 Å². The highest BCUT2D eigenvalue weighted by atomic mass is 35.5. The van der Waals surface area contributed by atoms with Gasteiger partial charge in [-0.15, -0.1) is 0 Å². The third-order valence-corrected chi connectivity index (χ3v) is 6.02. The highest BCUT2D eigenvalue weighted by Gasteiger charge is 2.47. The van der Waals surface area contributed by atoms with Gasteiger partial charge in [0.25, 0.3) is 11.7 Å². The van der Waals surface area contributed by atoms with E-state index in [9.17, 15) is 24.6 Å². The van der Waals surface area contributed by atoms with Crippen molar-refractivity contribution in [2.24, 2.45) is 0 Å². The van der Waals surface area contributed by atoms with Crippen molar-refractivity contribution >= 4 is 40.7 Å². The lowest BCUT2D eigenvalue weighted by molar-refractivity contribution is -0.132. The highest BCUT2D eigenvalue weighted by molar-refractivity contribution is 6.52. The van der Waals surface area contributed by atoms with Gasteiger partial charge in [-0.2, -0.15) is 0 Å². The number of carbonyl (C=O) groups excluding carboxylic acids is 3. The number of Topliss-reactive ketones (excluding diaryl/α,β-unsaturated/α-hetero) is 1. The molecule has 1 saturated heterocycles. The maximum atomic E-state index is 13.3. The van der Waals surface area contributed by atoms with Crippen molar-refractivity contribution in [3.63, 3.8) is 0 Å². The van der Waals surface area contributed by atoms with E-state index in [0.717, 1.165) is 0 Å². The van der Waals surface area contributed by atoms with Crippen LogP contribution in [0.2, 0.25) is 5.02 Å². The van der Waals surface area contributed by atoms with Crippen LogP contribution in [0.3, 0.4) is 0 Å². The largest absolute Gasteiger partial charge is 0.508 e. The number of carbonyl (C=O) groups is 3. The second-order valence-corrected chi connectivity index (χ2v) is 8.29. The fourth-order valence-electron chi connectivity index (χ4n) is 4.06. The number of hydrogen-bond acceptors (Lipinski definition) is 7. The molecule has 0 saturated carbocycles. The number of ketones is 1. The second kappa shape index (κ2) is 10.1. The highest BCUT2D eigenvalue weighted by Crippen LogP contribution is 2.44. The fraction of sp³-hybridized carbons (Fsp3) is 0.148. The van der Waals surface area contributed by atoms with E-state index >= 15 is 0 Å². The van der Waals surface area contributed by atoms with E-state index in [4.69, 9.17) is 21.1 Å². The van der Waals surface area contributed by atoms with Crippen LogP contribution in [0.15, 0.2) is 72.3 Å². The summed E-state index contributed by atoms with van der Waals surface area (Å²) in [7, 11) is 1.44. The molecule has 2 N–H and O–H groups in total. The van der Waals surface area contributed by atoms with Crippen molar-refractivity contribution < 1.29 is 34.1 Å². The lowest BCUT2D eigenvalue weighted by Crippen LogP contribution is -2.29. The molecule has 0 aliphatic carbocycles. The lowest BCUT2D eigenvalue weighted by atomic mass is 9.94. The number of nitrogens with zero attached hydrogens (tertiary/aromatic N) is 1. The number of hydrogen-bond donors (Lipinski definition) is 2. The topological polar surface area (TPSA) is 113 Å². The number of amides is 1. The zero-order valence-corrected chi connectivity index (χ0v) is 20.2. The normalized spacial score (nSPS) is 16.8. The van der Waals surface area contributed by atoms with Crippen LogP contribution in [0, 0.1) is 0 Å². The van der Waals surface area contributed by atoms with Gasteiger partial charge in [0.05, 0.1) is 35.9 Å². The summed E-state index contributed by atoms with van der Waals surface area (Å²) in [4.78, 5) is 40.1. The average molecular weight is 508 g/mol. The monoisotopic (exact) mass is 507 g/mol. The zero-order valence-electron chi connectivity index (χ0n) is 19.4. The van der Waals surface area contributed by atoms with E-state index in [-0.39, 0.29) is 39.8 Å². The van der Waals surface area contributed by atoms with Crippen molar-refractivity contribution in [3.8, 4) is 11.5 Å². The summed E-state index contributed by atoms with van der Waals surface area (Å²) in [5, 5.41) is 21.6. The van der Waals surface area contributed by atoms with Gasteiger partial charge in [0.1, 0.15) is 17.3 Å². The number of halogens is 1. The van der Waals surface area contributed by atoms with E-state index in [1.54, 1.807) is 37.3 Å². The van der Waals surface area contributed by atoms with Crippen LogP contribution in [-0.4, -0.2) is 41.6 Å². The van der Waals surface area contributed by atoms with Crippen molar-refractivity contribution in [1.82, 2.24) is 0 Å². The van der Waals surface area contributed by atoms with Crippen LogP contribution in [0.25, 0.3) is 5.76 Å². The first-order valence-electron chi connectivity index (χ1n) is 11.0. The Bertz CT molecular complexity index is 1400. The van der Waals surface area contributed by atoms with Gasteiger partial charge in [-0.25, -0.2) is 4.79 Å². The van der Waals surface area contributed by atoms with Crippen LogP contribution in [0.5, 0.6) is 11.5 Å². The van der Waals surface area contributed by atoms with E-state index < -0.39 is 29.5 Å². The Morgan fingerprint density at radius 1 is 1.06 bits per heavy atom. The Kier molecular flexibility index (Phi) is 6.98. The SMILES string of the molecule is CCOC(=O)c1cccc(N2C(=O)C(=O)/C(=C(/O)c3cc(OC)ccc3Cl)C2c2cccc(O)c2)c1. The molecule has 3 aromatic rings. The second-order valence-electron chi connectivity index (χ2n) is 7.88. The van der Waals surface area contributed by atoms with Crippen molar-refractivity contribution in [2.45, 2.75) is 13.0 Å². The molecule has 9 heteroatoms. The van der Waals surface area contributed by atoms with E-state index in [2.05, 4.69) is 0 Å². The van der Waals surface area contributed by atoms with Crippen LogP contribution in [-0.2, 0) is 14.3 Å². The number of phenols is 1. The summed E-state index contributed by atoms with van der Waals surface area (Å²) in [5.74, 6) is -2.70. The first-order chi connectivity index (χ1) is 17.3. The van der Waals surface area contributed by atoms with E-state index in [1.807, 2.05) is 0 Å². The van der Waals surface area contributed by atoms with Gasteiger partial charge < -0.3 is 19.7 Å². The number of rotatable bonds is 6. The van der Waals surface area contributed by atoms with Gasteiger partial charge in [-0.3, -0.25) is 14.5 Å². The van der Waals surface area contributed by atoms with Gasteiger partial charge in [-0.05, 0) is 61.0 Å². The Morgan fingerprint density at radius 3 is 2.50 bits per heavy atom. The minimum absolute atomic E-state index is 0.0967. The number of anilines is 1. The Morgan fingerprint density at radius 2 is 1.81 bits per heavy atom. The Balaban J connectivity index is 1.95. The maximum Gasteiger partial charge on any atom is 0.338 e. The van der Waals surface area contributed by atoms with Crippen LogP contribution < -0.4 is 9.64 Å². The molecule has 1 atom stereocenters. The molecule has 0 aromatic heterocycles. The summed E-state index contributed by atoms with van der Waals surface area (Å²) in [6.07, 6.45) is 0. The summed E-state index contributed by atoms with van der Waals surface area (Å²) in [6, 6.07) is 15.5. The third-order valence-electron chi connectivity index (χ3n) is 5.69. The number of aliphatic hydroxyl groups excluding tert-OH is 1. The molecule has 4 rings (SSSR count). The molecule has 0 radical (unpaired) electrons. The standard InChI is InChI=1S/C27H22ClNO7/c1-3-36-27(34)16-7-4-8-17(12-16)29-23(15-6-5-9-18(30)13-15)22(25(32)26(29)33)24(31)20-14-19(35-2)10-11-21(20)28/h4-14,23,30-31H,3H2,1-2H3/b24-22+. The predicted molar refractivity (Wildman–Crippen MR) is 133 cm³/mol. The molecule has 3 aromatic carbocycles. The smallest absolute Gasteiger partial charge is 0.338 e. The number of aromatic hydroxyl groups is 1. The average Bonchev–Trinajstić information content (AvgIpc) is 3.14. The number of methoxy groups -OCH3 is 1. The molecule has 1 fully saturated rings. The summed E-state index contributed by atoms with van der Waals surface area (Å²) in [6.45, 7) is 1.84. The number of aliphatic hydroxyl groups is 1. The summed E-state index contributed by atoms with van der Waals surface area (Å²) in [5.41, 5.74) is 0.631. The Labute approximate surface area is 211 Å². The molecule has 184 valence electrons. The number of benzene rings is 3. The fourth-order valence-corrected chi connectivity index (χ4v) is 4.27. The van der Waals surface area contributed by atoms with Gasteiger partial charge in [-0.1, -0.05) is 29.8 Å². The molecule has 1 aliphatic rings.